The van der Waals surface area contributed by atoms with Gasteiger partial charge >= 0.3 is 6.03 Å². The topological polar surface area (TPSA) is 27.4 Å². The van der Waals surface area contributed by atoms with Gasteiger partial charge in [0.05, 0.1) is 11.8 Å². The van der Waals surface area contributed by atoms with Crippen LogP contribution >= 0.6 is 23.2 Å². The van der Waals surface area contributed by atoms with Crippen molar-refractivity contribution in [2.24, 2.45) is 0 Å². The number of halogens is 3. The maximum atomic E-state index is 12.3. The number of rotatable bonds is 7. The summed E-state index contributed by atoms with van der Waals surface area (Å²) in [7, 11) is 0. The molecule has 0 bridgehead atoms. The molecule has 0 aliphatic carbocycles. The Morgan fingerprint density at radius 2 is 1.57 bits per heavy atom. The quantitative estimate of drug-likeness (QED) is 0.491. The summed E-state index contributed by atoms with van der Waals surface area (Å²) in [6.45, 7) is 7.10. The van der Waals surface area contributed by atoms with E-state index in [2.05, 4.69) is 18.7 Å². The first-order valence-electron chi connectivity index (χ1n) is 6.85. The summed E-state index contributed by atoms with van der Waals surface area (Å²) in [6, 6.07) is 3.80. The molecule has 1 aromatic rings. The number of alkyl halides is 2. The van der Waals surface area contributed by atoms with Gasteiger partial charge in [-0.2, -0.15) is 9.36 Å². The first-order valence-corrected chi connectivity index (χ1v) is 7.92. The molecule has 1 aromatic heterocycles. The number of hydrogen-bond acceptors (Lipinski definition) is 2. The molecule has 0 radical (unpaired) electrons. The van der Waals surface area contributed by atoms with Crippen molar-refractivity contribution in [3.63, 3.8) is 0 Å². The molecule has 1 amide bonds. The Kier molecular flexibility index (Phi) is 10.6. The number of anilines is 1. The maximum Gasteiger partial charge on any atom is 0.497 e. The predicted octanol–water partition coefficient (Wildman–Crippen LogP) is -0.428. The van der Waals surface area contributed by atoms with Gasteiger partial charge in [0, 0.05) is 30.9 Å². The second-order valence-electron chi connectivity index (χ2n) is 4.28. The molecule has 4 nitrogen and oxygen atoms in total. The van der Waals surface area contributed by atoms with Crippen molar-refractivity contribution in [3.05, 3.63) is 24.5 Å². The lowest BCUT2D eigenvalue weighted by atomic mass is 10.3. The molecule has 0 N–H and O–H groups in total. The van der Waals surface area contributed by atoms with Crippen molar-refractivity contribution in [2.75, 3.05) is 42.8 Å². The molecule has 0 aromatic carbocycles. The number of pyridine rings is 1. The van der Waals surface area contributed by atoms with E-state index in [-0.39, 0.29) is 18.4 Å². The zero-order valence-corrected chi connectivity index (χ0v) is 14.7. The van der Waals surface area contributed by atoms with Gasteiger partial charge in [0.25, 0.3) is 0 Å². The van der Waals surface area contributed by atoms with Crippen molar-refractivity contribution in [3.8, 4) is 0 Å². The fourth-order valence-corrected chi connectivity index (χ4v) is 2.42. The van der Waals surface area contributed by atoms with Crippen LogP contribution in [-0.2, 0) is 0 Å². The molecule has 120 valence electrons. The highest BCUT2D eigenvalue weighted by Crippen LogP contribution is 2.10. The minimum Gasteiger partial charge on any atom is -1.00 e. The van der Waals surface area contributed by atoms with Crippen LogP contribution in [0.4, 0.5) is 10.5 Å². The van der Waals surface area contributed by atoms with Crippen LogP contribution in [0.5, 0.6) is 0 Å². The summed E-state index contributed by atoms with van der Waals surface area (Å²) in [4.78, 5) is 16.2. The second-order valence-corrected chi connectivity index (χ2v) is 5.04. The largest absolute Gasteiger partial charge is 1.00 e. The average molecular weight is 355 g/mol. The van der Waals surface area contributed by atoms with E-state index in [0.717, 1.165) is 18.8 Å². The Morgan fingerprint density at radius 1 is 1.10 bits per heavy atom. The SMILES string of the molecule is CCN(CC)c1cc[n+](C(=O)N(CCCl)CCCl)cc1.[Cl-]. The van der Waals surface area contributed by atoms with Crippen molar-refractivity contribution < 1.29 is 21.8 Å². The third kappa shape index (κ3) is 5.89. The van der Waals surface area contributed by atoms with Gasteiger partial charge in [-0.1, -0.05) is 0 Å². The van der Waals surface area contributed by atoms with Crippen LogP contribution in [0.3, 0.4) is 0 Å². The molecular formula is C14H22Cl3N3O. The van der Waals surface area contributed by atoms with E-state index >= 15 is 0 Å². The third-order valence-corrected chi connectivity index (χ3v) is 3.48. The van der Waals surface area contributed by atoms with Gasteiger partial charge in [-0.3, -0.25) is 0 Å². The monoisotopic (exact) mass is 353 g/mol. The minimum absolute atomic E-state index is 0. The number of nitrogens with zero attached hydrogens (tertiary/aromatic N) is 3. The Labute approximate surface area is 143 Å². The van der Waals surface area contributed by atoms with E-state index in [0.29, 0.717) is 24.8 Å². The van der Waals surface area contributed by atoms with Gasteiger partial charge < -0.3 is 17.3 Å². The van der Waals surface area contributed by atoms with Gasteiger partial charge in [0.15, 0.2) is 0 Å². The Balaban J connectivity index is 0.00000400. The highest BCUT2D eigenvalue weighted by atomic mass is 35.5. The lowest BCUT2D eigenvalue weighted by Crippen LogP contribution is -3.00. The summed E-state index contributed by atoms with van der Waals surface area (Å²) in [5.41, 5.74) is 1.11. The fraction of sp³-hybridized carbons (Fsp3) is 0.571. The molecule has 0 aliphatic rings. The summed E-state index contributed by atoms with van der Waals surface area (Å²) in [6.07, 6.45) is 3.57. The third-order valence-electron chi connectivity index (χ3n) is 3.14. The van der Waals surface area contributed by atoms with Gasteiger partial charge in [0.2, 0.25) is 0 Å². The number of aromatic nitrogens is 1. The molecule has 0 saturated carbocycles. The fourth-order valence-electron chi connectivity index (χ4n) is 2.02. The number of amides is 1. The van der Waals surface area contributed by atoms with Crippen LogP contribution in [0.15, 0.2) is 24.5 Å². The molecule has 0 saturated heterocycles. The second kappa shape index (κ2) is 10.9. The van der Waals surface area contributed by atoms with E-state index < -0.39 is 0 Å². The van der Waals surface area contributed by atoms with Crippen LogP contribution in [0.1, 0.15) is 13.8 Å². The standard InChI is InChI=1S/C14H22Cl2N3O.ClH/c1-3-17(4-2)13-5-9-18(10-6-13)14(20)19(11-7-15)12-8-16;/h5-6,9-10H,3-4,7-8,11-12H2,1-2H3;1H/q+1;/p-1. The molecule has 1 heterocycles. The number of hydrogen-bond donors (Lipinski definition) is 0. The molecule has 0 fully saturated rings. The highest BCUT2D eigenvalue weighted by molar-refractivity contribution is 6.18. The van der Waals surface area contributed by atoms with Gasteiger partial charge in [-0.15, -0.1) is 23.2 Å². The smallest absolute Gasteiger partial charge is 0.497 e. The van der Waals surface area contributed by atoms with E-state index in [1.54, 1.807) is 21.9 Å². The molecule has 7 heteroatoms. The molecule has 0 aliphatic heterocycles. The van der Waals surface area contributed by atoms with Crippen molar-refractivity contribution in [2.45, 2.75) is 13.8 Å². The number of carbonyl (C=O) groups is 1. The van der Waals surface area contributed by atoms with Crippen LogP contribution in [0.2, 0.25) is 0 Å². The maximum absolute atomic E-state index is 12.3. The van der Waals surface area contributed by atoms with Gasteiger partial charge in [0.1, 0.15) is 25.5 Å². The highest BCUT2D eigenvalue weighted by Gasteiger charge is 2.23. The van der Waals surface area contributed by atoms with Crippen LogP contribution in [0.25, 0.3) is 0 Å². The Morgan fingerprint density at radius 3 is 1.95 bits per heavy atom. The van der Waals surface area contributed by atoms with Crippen molar-refractivity contribution in [1.82, 2.24) is 4.90 Å². The Bertz CT molecular complexity index is 404. The molecule has 21 heavy (non-hydrogen) atoms. The molecule has 0 atom stereocenters. The zero-order chi connectivity index (χ0) is 15.0. The summed E-state index contributed by atoms with van der Waals surface area (Å²) in [5, 5.41) is 0. The Hall–Kier alpha value is -0.710. The predicted molar refractivity (Wildman–Crippen MR) is 84.0 cm³/mol. The number of carbonyl (C=O) groups excluding carboxylic acids is 1. The summed E-state index contributed by atoms with van der Waals surface area (Å²) >= 11 is 11.4. The molecule has 0 unspecified atom stereocenters. The first kappa shape index (κ1) is 20.3. The molecule has 1 rings (SSSR count). The van der Waals surface area contributed by atoms with Crippen molar-refractivity contribution in [1.29, 1.82) is 0 Å². The normalized spacial score (nSPS) is 9.90. The van der Waals surface area contributed by atoms with E-state index in [4.69, 9.17) is 23.2 Å². The lowest BCUT2D eigenvalue weighted by molar-refractivity contribution is -0.578. The van der Waals surface area contributed by atoms with E-state index in [1.807, 2.05) is 12.1 Å². The van der Waals surface area contributed by atoms with E-state index in [9.17, 15) is 4.79 Å². The van der Waals surface area contributed by atoms with Crippen LogP contribution in [-0.4, -0.2) is 48.9 Å². The minimum atomic E-state index is -0.0996. The summed E-state index contributed by atoms with van der Waals surface area (Å²) in [5.74, 6) is 0.807. The van der Waals surface area contributed by atoms with Crippen LogP contribution in [0, 0.1) is 0 Å². The van der Waals surface area contributed by atoms with E-state index in [1.165, 1.54) is 0 Å². The van der Waals surface area contributed by atoms with Gasteiger partial charge in [-0.25, -0.2) is 4.90 Å². The zero-order valence-electron chi connectivity index (χ0n) is 12.4. The molecule has 0 spiro atoms. The van der Waals surface area contributed by atoms with Gasteiger partial charge in [-0.05, 0) is 13.8 Å². The molecular weight excluding hydrogens is 333 g/mol. The van der Waals surface area contributed by atoms with Crippen molar-refractivity contribution >= 4 is 34.9 Å². The average Bonchev–Trinajstić information content (AvgIpc) is 2.48. The first-order chi connectivity index (χ1) is 9.67. The summed E-state index contributed by atoms with van der Waals surface area (Å²) < 4.78 is 1.56. The lowest BCUT2D eigenvalue weighted by Gasteiger charge is -2.20. The van der Waals surface area contributed by atoms with Crippen LogP contribution < -0.4 is 21.9 Å².